The molecule has 0 amide bonds. The summed E-state index contributed by atoms with van der Waals surface area (Å²) < 4.78 is 0. The van der Waals surface area contributed by atoms with E-state index in [-0.39, 0.29) is 0 Å². The van der Waals surface area contributed by atoms with E-state index >= 15 is 0 Å². The maximum absolute atomic E-state index is 3.38. The van der Waals surface area contributed by atoms with Crippen LogP contribution in [-0.2, 0) is 6.42 Å². The third kappa shape index (κ3) is 3.49. The van der Waals surface area contributed by atoms with Gasteiger partial charge in [-0.05, 0) is 48.2 Å². The largest absolute Gasteiger partial charge is 0.313 e. The molecule has 1 heteroatoms. The van der Waals surface area contributed by atoms with Crippen molar-refractivity contribution in [3.63, 3.8) is 0 Å². The molecule has 1 N–H and O–H groups in total. The Kier molecular flexibility index (Phi) is 5.37. The summed E-state index contributed by atoms with van der Waals surface area (Å²) in [4.78, 5) is 0. The van der Waals surface area contributed by atoms with Crippen molar-refractivity contribution in [2.45, 2.75) is 39.2 Å². The molecule has 0 fully saturated rings. The Morgan fingerprint density at radius 3 is 2.30 bits per heavy atom. The van der Waals surface area contributed by atoms with Gasteiger partial charge in [-0.3, -0.25) is 0 Å². The molecule has 0 heterocycles. The van der Waals surface area contributed by atoms with Gasteiger partial charge in [-0.25, -0.2) is 0 Å². The van der Waals surface area contributed by atoms with E-state index < -0.39 is 0 Å². The maximum atomic E-state index is 3.38. The Bertz CT molecular complexity index is 541. The molecular formula is C19H25N. The van der Waals surface area contributed by atoms with Crippen molar-refractivity contribution in [2.75, 3.05) is 7.05 Å². The van der Waals surface area contributed by atoms with Gasteiger partial charge in [0, 0.05) is 6.04 Å². The van der Waals surface area contributed by atoms with Gasteiger partial charge in [-0.1, -0.05) is 62.7 Å². The van der Waals surface area contributed by atoms with Crippen LogP contribution in [-0.4, -0.2) is 7.05 Å². The molecule has 1 unspecified atom stereocenters. The van der Waals surface area contributed by atoms with Crippen LogP contribution >= 0.6 is 0 Å². The predicted molar refractivity (Wildman–Crippen MR) is 88.0 cm³/mol. The van der Waals surface area contributed by atoms with Gasteiger partial charge >= 0.3 is 0 Å². The summed E-state index contributed by atoms with van der Waals surface area (Å²) in [5.74, 6) is 0. The SMILES string of the molecule is CCCc1cccc(-c2cccc(C(CC)NC)c2)c1. The number of benzene rings is 2. The normalized spacial score (nSPS) is 12.3. The third-order valence-corrected chi connectivity index (χ3v) is 3.84. The highest BCUT2D eigenvalue weighted by Crippen LogP contribution is 2.25. The first-order valence-electron chi connectivity index (χ1n) is 7.65. The van der Waals surface area contributed by atoms with Gasteiger partial charge in [-0.15, -0.1) is 0 Å². The summed E-state index contributed by atoms with van der Waals surface area (Å²) in [6.07, 6.45) is 3.46. The lowest BCUT2D eigenvalue weighted by Gasteiger charge is -2.15. The predicted octanol–water partition coefficient (Wildman–Crippen LogP) is 4.98. The molecule has 0 aliphatic heterocycles. The zero-order chi connectivity index (χ0) is 14.4. The summed E-state index contributed by atoms with van der Waals surface area (Å²) >= 11 is 0. The standard InChI is InChI=1S/C19H25N/c1-4-8-15-9-6-10-16(13-15)17-11-7-12-18(14-17)19(5-2)20-3/h6-7,9-14,19-20H,4-5,8H2,1-3H3. The second kappa shape index (κ2) is 7.25. The summed E-state index contributed by atoms with van der Waals surface area (Å²) in [5.41, 5.74) is 5.43. The molecule has 0 radical (unpaired) electrons. The molecule has 0 saturated heterocycles. The van der Waals surface area contributed by atoms with Crippen molar-refractivity contribution in [1.82, 2.24) is 5.32 Å². The van der Waals surface area contributed by atoms with Crippen LogP contribution in [0.3, 0.4) is 0 Å². The Morgan fingerprint density at radius 1 is 0.950 bits per heavy atom. The smallest absolute Gasteiger partial charge is 0.0315 e. The molecule has 0 aliphatic rings. The van der Waals surface area contributed by atoms with Crippen LogP contribution in [0.25, 0.3) is 11.1 Å². The molecule has 1 nitrogen and oxygen atoms in total. The van der Waals surface area contributed by atoms with Crippen molar-refractivity contribution in [3.05, 3.63) is 59.7 Å². The van der Waals surface area contributed by atoms with Crippen LogP contribution in [0.1, 0.15) is 43.9 Å². The lowest BCUT2D eigenvalue weighted by atomic mass is 9.96. The molecule has 2 aromatic rings. The van der Waals surface area contributed by atoms with Crippen LogP contribution in [0, 0.1) is 0 Å². The molecular weight excluding hydrogens is 242 g/mol. The maximum Gasteiger partial charge on any atom is 0.0315 e. The second-order valence-corrected chi connectivity index (χ2v) is 5.33. The van der Waals surface area contributed by atoms with E-state index in [4.69, 9.17) is 0 Å². The first-order valence-corrected chi connectivity index (χ1v) is 7.65. The Morgan fingerprint density at radius 2 is 1.65 bits per heavy atom. The van der Waals surface area contributed by atoms with Gasteiger partial charge in [-0.2, -0.15) is 0 Å². The van der Waals surface area contributed by atoms with Gasteiger partial charge in [0.15, 0.2) is 0 Å². The van der Waals surface area contributed by atoms with E-state index in [1.165, 1.54) is 28.7 Å². The van der Waals surface area contributed by atoms with E-state index in [0.717, 1.165) is 12.8 Å². The zero-order valence-corrected chi connectivity index (χ0v) is 12.8. The zero-order valence-electron chi connectivity index (χ0n) is 12.8. The molecule has 1 atom stereocenters. The fraction of sp³-hybridized carbons (Fsp3) is 0.368. The van der Waals surface area contributed by atoms with Crippen molar-refractivity contribution in [1.29, 1.82) is 0 Å². The fourth-order valence-electron chi connectivity index (χ4n) is 2.74. The highest BCUT2D eigenvalue weighted by atomic mass is 14.9. The van der Waals surface area contributed by atoms with Crippen LogP contribution in [0.4, 0.5) is 0 Å². The lowest BCUT2D eigenvalue weighted by molar-refractivity contribution is 0.577. The van der Waals surface area contributed by atoms with Crippen molar-refractivity contribution < 1.29 is 0 Å². The molecule has 0 aliphatic carbocycles. The Labute approximate surface area is 123 Å². The van der Waals surface area contributed by atoms with Crippen molar-refractivity contribution >= 4 is 0 Å². The van der Waals surface area contributed by atoms with Gasteiger partial charge in [0.05, 0.1) is 0 Å². The third-order valence-electron chi connectivity index (χ3n) is 3.84. The number of aryl methyl sites for hydroxylation is 1. The topological polar surface area (TPSA) is 12.0 Å². The molecule has 0 saturated carbocycles. The summed E-state index contributed by atoms with van der Waals surface area (Å²) in [6, 6.07) is 18.3. The van der Waals surface area contributed by atoms with Gasteiger partial charge < -0.3 is 5.32 Å². The van der Waals surface area contributed by atoms with Crippen molar-refractivity contribution in [3.8, 4) is 11.1 Å². The Hall–Kier alpha value is -1.60. The minimum absolute atomic E-state index is 0.439. The van der Waals surface area contributed by atoms with E-state index in [2.05, 4.69) is 67.7 Å². The van der Waals surface area contributed by atoms with E-state index in [1.807, 2.05) is 7.05 Å². The van der Waals surface area contributed by atoms with Crippen molar-refractivity contribution in [2.24, 2.45) is 0 Å². The summed E-state index contributed by atoms with van der Waals surface area (Å²) in [5, 5.41) is 3.38. The minimum Gasteiger partial charge on any atom is -0.313 e. The van der Waals surface area contributed by atoms with Crippen LogP contribution in [0.5, 0.6) is 0 Å². The van der Waals surface area contributed by atoms with Crippen LogP contribution in [0.2, 0.25) is 0 Å². The van der Waals surface area contributed by atoms with Gasteiger partial charge in [0.25, 0.3) is 0 Å². The molecule has 106 valence electrons. The van der Waals surface area contributed by atoms with E-state index in [1.54, 1.807) is 0 Å². The van der Waals surface area contributed by atoms with Crippen LogP contribution in [0.15, 0.2) is 48.5 Å². The molecule has 0 bridgehead atoms. The fourth-order valence-corrected chi connectivity index (χ4v) is 2.74. The van der Waals surface area contributed by atoms with Crippen LogP contribution < -0.4 is 5.32 Å². The quantitative estimate of drug-likeness (QED) is 0.778. The first-order chi connectivity index (χ1) is 9.78. The minimum atomic E-state index is 0.439. The Balaban J connectivity index is 2.33. The average molecular weight is 267 g/mol. The number of hydrogen-bond donors (Lipinski definition) is 1. The summed E-state index contributed by atoms with van der Waals surface area (Å²) in [7, 11) is 2.03. The van der Waals surface area contributed by atoms with E-state index in [9.17, 15) is 0 Å². The molecule has 2 rings (SSSR count). The number of rotatable bonds is 6. The molecule has 2 aromatic carbocycles. The van der Waals surface area contributed by atoms with Gasteiger partial charge in [0.2, 0.25) is 0 Å². The molecule has 0 aromatic heterocycles. The monoisotopic (exact) mass is 267 g/mol. The highest BCUT2D eigenvalue weighted by molar-refractivity contribution is 5.65. The molecule has 20 heavy (non-hydrogen) atoms. The average Bonchev–Trinajstić information content (AvgIpc) is 2.50. The lowest BCUT2D eigenvalue weighted by Crippen LogP contribution is -2.15. The number of hydrogen-bond acceptors (Lipinski definition) is 1. The highest BCUT2D eigenvalue weighted by Gasteiger charge is 2.07. The first kappa shape index (κ1) is 14.8. The number of nitrogens with one attached hydrogen (secondary N) is 1. The summed E-state index contributed by atoms with van der Waals surface area (Å²) in [6.45, 7) is 4.45. The molecule has 0 spiro atoms. The van der Waals surface area contributed by atoms with E-state index in [0.29, 0.717) is 6.04 Å². The second-order valence-electron chi connectivity index (χ2n) is 5.33. The van der Waals surface area contributed by atoms with Gasteiger partial charge in [0.1, 0.15) is 0 Å².